The molecule has 1 aliphatic heterocycles. The Hall–Kier alpha value is -2.93. The molecule has 1 aliphatic carbocycles. The van der Waals surface area contributed by atoms with Crippen LogP contribution in [0.15, 0.2) is 75.0 Å². The van der Waals surface area contributed by atoms with Gasteiger partial charge >= 0.3 is 5.97 Å². The maximum absolute atomic E-state index is 13.4. The molecular formula is C27H19Cl2NO4S. The van der Waals surface area contributed by atoms with Crippen LogP contribution in [0.3, 0.4) is 0 Å². The molecule has 0 radical (unpaired) electrons. The molecule has 8 heteroatoms. The number of rotatable bonds is 4. The number of esters is 1. The highest BCUT2D eigenvalue weighted by molar-refractivity contribution is 7.85. The van der Waals surface area contributed by atoms with E-state index in [0.717, 1.165) is 41.7 Å². The molecule has 1 aromatic heterocycles. The first-order chi connectivity index (χ1) is 17.0. The lowest BCUT2D eigenvalue weighted by Gasteiger charge is -2.10. The number of fused-ring (bicyclic) bond motifs is 2. The number of carbonyl (C=O) groups excluding carboxylic acids is 1. The number of ether oxygens (including phenoxy) is 1. The molecule has 1 atom stereocenters. The van der Waals surface area contributed by atoms with Crippen LogP contribution >= 0.6 is 23.2 Å². The van der Waals surface area contributed by atoms with Gasteiger partial charge in [-0.3, -0.25) is 0 Å². The summed E-state index contributed by atoms with van der Waals surface area (Å²) in [7, 11) is -1.39. The molecule has 1 saturated carbocycles. The van der Waals surface area contributed by atoms with Crippen LogP contribution < -0.4 is 4.74 Å². The van der Waals surface area contributed by atoms with Crippen molar-refractivity contribution >= 4 is 40.0 Å². The summed E-state index contributed by atoms with van der Waals surface area (Å²) in [5.41, 5.74) is 3.07. The average molecular weight is 524 g/mol. The molecule has 0 saturated heterocycles. The molecule has 5 nitrogen and oxygen atoms in total. The lowest BCUT2D eigenvalue weighted by molar-refractivity contribution is 0.0731. The lowest BCUT2D eigenvalue weighted by Crippen LogP contribution is -2.11. The Kier molecular flexibility index (Phi) is 5.75. The second kappa shape index (κ2) is 8.94. The van der Waals surface area contributed by atoms with Gasteiger partial charge in [0, 0.05) is 21.3 Å². The van der Waals surface area contributed by atoms with Crippen LogP contribution in [0.4, 0.5) is 0 Å². The standard InChI is InChI=1S/C27H19Cl2NO4S/c28-19-5-3-6-20(29)23(19)24-26(25(34-30-24)17-11-12-17)33-27(31)18-13-10-16-9-8-15-4-1-2-7-21(15)35(32)22(16)14-18/h1-7,10,13-14,17H,8-9,11-12H2. The van der Waals surface area contributed by atoms with Crippen molar-refractivity contribution in [1.82, 2.24) is 5.16 Å². The molecule has 6 rings (SSSR count). The van der Waals surface area contributed by atoms with E-state index in [9.17, 15) is 9.00 Å². The van der Waals surface area contributed by atoms with Gasteiger partial charge in [0.2, 0.25) is 5.75 Å². The molecule has 1 unspecified atom stereocenters. The van der Waals surface area contributed by atoms with E-state index in [1.54, 1.807) is 30.3 Å². The SMILES string of the molecule is O=C(Oc1c(-c2c(Cl)cccc2Cl)noc1C1CC1)c1ccc2c(c1)S(=O)c1ccccc1CC2. The molecule has 0 amide bonds. The fraction of sp³-hybridized carbons (Fsp3) is 0.185. The van der Waals surface area contributed by atoms with E-state index in [1.807, 2.05) is 30.3 Å². The molecular weight excluding hydrogens is 505 g/mol. The van der Waals surface area contributed by atoms with Gasteiger partial charge in [0.25, 0.3) is 0 Å². The molecule has 4 aromatic rings. The Morgan fingerprint density at radius 2 is 1.66 bits per heavy atom. The summed E-state index contributed by atoms with van der Waals surface area (Å²) < 4.78 is 24.9. The van der Waals surface area contributed by atoms with Crippen LogP contribution in [0.5, 0.6) is 5.75 Å². The van der Waals surface area contributed by atoms with Gasteiger partial charge in [0.1, 0.15) is 0 Å². The summed E-state index contributed by atoms with van der Waals surface area (Å²) in [6, 6.07) is 18.1. The summed E-state index contributed by atoms with van der Waals surface area (Å²) >= 11 is 12.8. The minimum Gasteiger partial charge on any atom is -0.417 e. The molecule has 0 bridgehead atoms. The van der Waals surface area contributed by atoms with Gasteiger partial charge in [-0.25, -0.2) is 9.00 Å². The first-order valence-electron chi connectivity index (χ1n) is 11.3. The average Bonchev–Trinajstić information content (AvgIpc) is 3.65. The quantitative estimate of drug-likeness (QED) is 0.269. The van der Waals surface area contributed by atoms with Crippen molar-refractivity contribution in [2.24, 2.45) is 0 Å². The zero-order valence-corrected chi connectivity index (χ0v) is 20.8. The highest BCUT2D eigenvalue weighted by atomic mass is 35.5. The number of carbonyl (C=O) groups is 1. The summed E-state index contributed by atoms with van der Waals surface area (Å²) in [4.78, 5) is 14.7. The number of hydrogen-bond acceptors (Lipinski definition) is 5. The van der Waals surface area contributed by atoms with Crippen molar-refractivity contribution in [1.29, 1.82) is 0 Å². The van der Waals surface area contributed by atoms with Crippen LogP contribution in [-0.4, -0.2) is 15.3 Å². The van der Waals surface area contributed by atoms with Gasteiger partial charge < -0.3 is 9.26 Å². The van der Waals surface area contributed by atoms with Gasteiger partial charge in [0.05, 0.1) is 26.4 Å². The number of nitrogens with zero attached hydrogens (tertiary/aromatic N) is 1. The largest absolute Gasteiger partial charge is 0.417 e. The number of halogens is 2. The Labute approximate surface area is 214 Å². The Bertz CT molecular complexity index is 1490. The molecule has 35 heavy (non-hydrogen) atoms. The third-order valence-electron chi connectivity index (χ3n) is 6.36. The van der Waals surface area contributed by atoms with Crippen molar-refractivity contribution in [2.45, 2.75) is 41.4 Å². The molecule has 2 heterocycles. The molecule has 0 N–H and O–H groups in total. The predicted octanol–water partition coefficient (Wildman–Crippen LogP) is 7.01. The summed E-state index contributed by atoms with van der Waals surface area (Å²) in [6.45, 7) is 0. The molecule has 3 aromatic carbocycles. The fourth-order valence-electron chi connectivity index (χ4n) is 4.37. The second-order valence-electron chi connectivity index (χ2n) is 8.68. The van der Waals surface area contributed by atoms with Gasteiger partial charge in [-0.15, -0.1) is 0 Å². The normalized spacial score (nSPS) is 16.8. The van der Waals surface area contributed by atoms with Crippen molar-refractivity contribution in [3.05, 3.63) is 93.2 Å². The van der Waals surface area contributed by atoms with E-state index in [0.29, 0.717) is 37.5 Å². The zero-order chi connectivity index (χ0) is 24.1. The third-order valence-corrected chi connectivity index (χ3v) is 8.56. The van der Waals surface area contributed by atoms with E-state index in [4.69, 9.17) is 32.5 Å². The number of aryl methyl sites for hydroxylation is 2. The maximum Gasteiger partial charge on any atom is 0.343 e. The monoisotopic (exact) mass is 523 g/mol. The van der Waals surface area contributed by atoms with Crippen molar-refractivity contribution in [3.8, 4) is 17.0 Å². The summed E-state index contributed by atoms with van der Waals surface area (Å²) in [6.07, 6.45) is 3.39. The number of benzene rings is 3. The number of aromatic nitrogens is 1. The van der Waals surface area contributed by atoms with Crippen molar-refractivity contribution in [3.63, 3.8) is 0 Å². The Balaban J connectivity index is 1.38. The van der Waals surface area contributed by atoms with Gasteiger partial charge in [0.15, 0.2) is 11.5 Å². The predicted molar refractivity (Wildman–Crippen MR) is 134 cm³/mol. The first-order valence-corrected chi connectivity index (χ1v) is 13.2. The zero-order valence-electron chi connectivity index (χ0n) is 18.4. The number of hydrogen-bond donors (Lipinski definition) is 0. The van der Waals surface area contributed by atoms with Gasteiger partial charge in [-0.05, 0) is 67.1 Å². The lowest BCUT2D eigenvalue weighted by atomic mass is 10.0. The van der Waals surface area contributed by atoms with E-state index in [2.05, 4.69) is 5.16 Å². The molecule has 2 aliphatic rings. The van der Waals surface area contributed by atoms with Gasteiger partial charge in [-0.1, -0.05) is 58.7 Å². The smallest absolute Gasteiger partial charge is 0.343 e. The highest BCUT2D eigenvalue weighted by Crippen LogP contribution is 2.49. The van der Waals surface area contributed by atoms with Crippen LogP contribution in [0, 0.1) is 0 Å². The van der Waals surface area contributed by atoms with Crippen LogP contribution in [0.25, 0.3) is 11.3 Å². The molecule has 0 spiro atoms. The second-order valence-corrected chi connectivity index (χ2v) is 10.9. The van der Waals surface area contributed by atoms with Crippen LogP contribution in [-0.2, 0) is 23.6 Å². The van der Waals surface area contributed by atoms with E-state index in [1.165, 1.54) is 0 Å². The topological polar surface area (TPSA) is 69.4 Å². The fourth-order valence-corrected chi connectivity index (χ4v) is 6.44. The Morgan fingerprint density at radius 3 is 2.40 bits per heavy atom. The van der Waals surface area contributed by atoms with E-state index < -0.39 is 16.8 Å². The van der Waals surface area contributed by atoms with E-state index in [-0.39, 0.29) is 11.7 Å². The van der Waals surface area contributed by atoms with Crippen molar-refractivity contribution in [2.75, 3.05) is 0 Å². The highest BCUT2D eigenvalue weighted by Gasteiger charge is 2.36. The van der Waals surface area contributed by atoms with Crippen molar-refractivity contribution < 1.29 is 18.3 Å². The first kappa shape index (κ1) is 22.5. The minimum atomic E-state index is -1.39. The maximum atomic E-state index is 13.4. The van der Waals surface area contributed by atoms with Gasteiger partial charge in [-0.2, -0.15) is 0 Å². The minimum absolute atomic E-state index is 0.136. The Morgan fingerprint density at radius 1 is 0.943 bits per heavy atom. The van der Waals surface area contributed by atoms with Crippen LogP contribution in [0.2, 0.25) is 10.0 Å². The molecule has 176 valence electrons. The van der Waals surface area contributed by atoms with Crippen LogP contribution in [0.1, 0.15) is 46.0 Å². The summed E-state index contributed by atoms with van der Waals surface area (Å²) in [5, 5.41) is 4.92. The molecule has 1 fully saturated rings. The van der Waals surface area contributed by atoms with E-state index >= 15 is 0 Å². The summed E-state index contributed by atoms with van der Waals surface area (Å²) in [5.74, 6) is 0.290. The third kappa shape index (κ3) is 4.10.